The van der Waals surface area contributed by atoms with Crippen LogP contribution in [0.15, 0.2) is 35.0 Å². The van der Waals surface area contributed by atoms with E-state index in [1.54, 1.807) is 0 Å². The zero-order valence-corrected chi connectivity index (χ0v) is 14.4. The van der Waals surface area contributed by atoms with Crippen molar-refractivity contribution < 1.29 is 14.6 Å². The lowest BCUT2D eigenvalue weighted by atomic mass is 10.1. The second kappa shape index (κ2) is 7.68. The third kappa shape index (κ3) is 3.71. The third-order valence-corrected chi connectivity index (χ3v) is 4.92. The van der Waals surface area contributed by atoms with Crippen molar-refractivity contribution in [1.29, 1.82) is 0 Å². The standard InChI is InChI=1S/C18H22N2O3S/c1-2-23-17-5-3-4-13-14(17)6-7-15(13)20-18(22)19-10-16(21)12-8-9-24-11-12/h3-5,8-9,11,15-16,21H,2,6-7,10H2,1H3,(H2,19,20,22). The third-order valence-electron chi connectivity index (χ3n) is 4.22. The van der Waals surface area contributed by atoms with E-state index in [-0.39, 0.29) is 18.6 Å². The molecular formula is C18H22N2O3S. The molecule has 2 atom stereocenters. The lowest BCUT2D eigenvalue weighted by Crippen LogP contribution is -2.39. The number of rotatable bonds is 6. The summed E-state index contributed by atoms with van der Waals surface area (Å²) in [6.07, 6.45) is 1.08. The van der Waals surface area contributed by atoms with Crippen molar-refractivity contribution >= 4 is 17.4 Å². The SMILES string of the molecule is CCOc1cccc2c1CCC2NC(=O)NCC(O)c1ccsc1. The molecule has 2 amide bonds. The Morgan fingerprint density at radius 1 is 1.46 bits per heavy atom. The van der Waals surface area contributed by atoms with Gasteiger partial charge in [-0.3, -0.25) is 0 Å². The summed E-state index contributed by atoms with van der Waals surface area (Å²) in [4.78, 5) is 12.1. The lowest BCUT2D eigenvalue weighted by molar-refractivity contribution is 0.173. The number of carbonyl (C=O) groups is 1. The zero-order valence-electron chi connectivity index (χ0n) is 13.6. The topological polar surface area (TPSA) is 70.6 Å². The van der Waals surface area contributed by atoms with Gasteiger partial charge in [0.05, 0.1) is 18.8 Å². The number of urea groups is 1. The first kappa shape index (κ1) is 16.8. The molecule has 1 aliphatic carbocycles. The molecule has 1 heterocycles. The molecular weight excluding hydrogens is 324 g/mol. The Balaban J connectivity index is 1.56. The normalized spacial score (nSPS) is 17.2. The fourth-order valence-corrected chi connectivity index (χ4v) is 3.75. The van der Waals surface area contributed by atoms with Crippen LogP contribution in [0.3, 0.4) is 0 Å². The Labute approximate surface area is 145 Å². The van der Waals surface area contributed by atoms with Crippen molar-refractivity contribution in [3.8, 4) is 5.75 Å². The minimum Gasteiger partial charge on any atom is -0.494 e. The van der Waals surface area contributed by atoms with Gasteiger partial charge in [-0.15, -0.1) is 0 Å². The molecule has 0 spiro atoms. The van der Waals surface area contributed by atoms with Gasteiger partial charge in [0.15, 0.2) is 0 Å². The molecule has 128 valence electrons. The van der Waals surface area contributed by atoms with Crippen LogP contribution in [0.2, 0.25) is 0 Å². The molecule has 1 aromatic carbocycles. The Morgan fingerprint density at radius 2 is 2.33 bits per heavy atom. The molecule has 2 aromatic rings. The average Bonchev–Trinajstić information content (AvgIpc) is 3.24. The maximum atomic E-state index is 12.1. The van der Waals surface area contributed by atoms with Crippen LogP contribution in [-0.4, -0.2) is 24.3 Å². The Hall–Kier alpha value is -2.05. The maximum Gasteiger partial charge on any atom is 0.315 e. The molecule has 6 heteroatoms. The first-order valence-corrected chi connectivity index (χ1v) is 9.12. The monoisotopic (exact) mass is 346 g/mol. The molecule has 0 fully saturated rings. The molecule has 0 saturated heterocycles. The minimum absolute atomic E-state index is 0.0151. The number of ether oxygens (including phenoxy) is 1. The highest BCUT2D eigenvalue weighted by Gasteiger charge is 2.26. The zero-order chi connectivity index (χ0) is 16.9. The predicted molar refractivity (Wildman–Crippen MR) is 94.5 cm³/mol. The molecule has 1 aromatic heterocycles. The molecule has 0 saturated carbocycles. The molecule has 2 unspecified atom stereocenters. The fourth-order valence-electron chi connectivity index (χ4n) is 3.04. The van der Waals surface area contributed by atoms with E-state index in [0.29, 0.717) is 6.61 Å². The van der Waals surface area contributed by atoms with Gasteiger partial charge in [-0.25, -0.2) is 4.79 Å². The number of fused-ring (bicyclic) bond motifs is 1. The van der Waals surface area contributed by atoms with E-state index in [9.17, 15) is 9.90 Å². The first-order chi connectivity index (χ1) is 11.7. The van der Waals surface area contributed by atoms with Crippen LogP contribution in [0.4, 0.5) is 4.79 Å². The van der Waals surface area contributed by atoms with E-state index in [2.05, 4.69) is 10.6 Å². The van der Waals surface area contributed by atoms with E-state index in [0.717, 1.165) is 29.7 Å². The molecule has 5 nitrogen and oxygen atoms in total. The van der Waals surface area contributed by atoms with Crippen LogP contribution in [0, 0.1) is 0 Å². The Bertz CT molecular complexity index is 688. The quantitative estimate of drug-likeness (QED) is 0.752. The summed E-state index contributed by atoms with van der Waals surface area (Å²) in [6.45, 7) is 2.80. The fraction of sp³-hybridized carbons (Fsp3) is 0.389. The number of hydrogen-bond donors (Lipinski definition) is 3. The van der Waals surface area contributed by atoms with Crippen LogP contribution < -0.4 is 15.4 Å². The van der Waals surface area contributed by atoms with Crippen LogP contribution in [-0.2, 0) is 6.42 Å². The van der Waals surface area contributed by atoms with Gasteiger partial charge in [0.2, 0.25) is 0 Å². The minimum atomic E-state index is -0.678. The second-order valence-electron chi connectivity index (χ2n) is 5.78. The van der Waals surface area contributed by atoms with Crippen molar-refractivity contribution in [1.82, 2.24) is 10.6 Å². The molecule has 3 rings (SSSR count). The van der Waals surface area contributed by atoms with Crippen molar-refractivity contribution in [3.05, 3.63) is 51.7 Å². The van der Waals surface area contributed by atoms with Gasteiger partial charge in [-0.2, -0.15) is 11.3 Å². The van der Waals surface area contributed by atoms with Crippen LogP contribution in [0.5, 0.6) is 5.75 Å². The summed E-state index contributed by atoms with van der Waals surface area (Å²) < 4.78 is 5.66. The number of hydrogen-bond acceptors (Lipinski definition) is 4. The summed E-state index contributed by atoms with van der Waals surface area (Å²) in [6, 6.07) is 7.56. The first-order valence-electron chi connectivity index (χ1n) is 8.18. The van der Waals surface area contributed by atoms with Gasteiger partial charge in [0.1, 0.15) is 5.75 Å². The maximum absolute atomic E-state index is 12.1. The summed E-state index contributed by atoms with van der Waals surface area (Å²) in [7, 11) is 0. The largest absolute Gasteiger partial charge is 0.494 e. The van der Waals surface area contributed by atoms with Crippen molar-refractivity contribution in [2.75, 3.05) is 13.2 Å². The molecule has 0 radical (unpaired) electrons. The molecule has 0 aliphatic heterocycles. The highest BCUT2D eigenvalue weighted by molar-refractivity contribution is 7.07. The van der Waals surface area contributed by atoms with Gasteiger partial charge in [-0.05, 0) is 59.3 Å². The van der Waals surface area contributed by atoms with E-state index in [4.69, 9.17) is 4.74 Å². The van der Waals surface area contributed by atoms with Crippen LogP contribution in [0.1, 0.15) is 42.2 Å². The molecule has 24 heavy (non-hydrogen) atoms. The van der Waals surface area contributed by atoms with Gasteiger partial charge in [0, 0.05) is 6.54 Å². The summed E-state index contributed by atoms with van der Waals surface area (Å²) in [5.41, 5.74) is 3.13. The highest BCUT2D eigenvalue weighted by Crippen LogP contribution is 2.36. The van der Waals surface area contributed by atoms with Crippen LogP contribution >= 0.6 is 11.3 Å². The van der Waals surface area contributed by atoms with E-state index >= 15 is 0 Å². The number of thiophene rings is 1. The lowest BCUT2D eigenvalue weighted by Gasteiger charge is -2.17. The van der Waals surface area contributed by atoms with E-state index < -0.39 is 6.10 Å². The van der Waals surface area contributed by atoms with Gasteiger partial charge >= 0.3 is 6.03 Å². The van der Waals surface area contributed by atoms with Gasteiger partial charge in [0.25, 0.3) is 0 Å². The summed E-state index contributed by atoms with van der Waals surface area (Å²) in [5.74, 6) is 0.910. The number of amides is 2. The number of nitrogens with one attached hydrogen (secondary N) is 2. The highest BCUT2D eigenvalue weighted by atomic mass is 32.1. The smallest absolute Gasteiger partial charge is 0.315 e. The van der Waals surface area contributed by atoms with Crippen molar-refractivity contribution in [2.45, 2.75) is 31.9 Å². The van der Waals surface area contributed by atoms with Crippen LogP contribution in [0.25, 0.3) is 0 Å². The Kier molecular flexibility index (Phi) is 5.37. The van der Waals surface area contributed by atoms with Gasteiger partial charge in [-0.1, -0.05) is 12.1 Å². The molecule has 0 bridgehead atoms. The number of aliphatic hydroxyl groups excluding tert-OH is 1. The average molecular weight is 346 g/mol. The number of aliphatic hydroxyl groups is 1. The number of benzene rings is 1. The predicted octanol–water partition coefficient (Wildman–Crippen LogP) is 3.17. The second-order valence-corrected chi connectivity index (χ2v) is 6.56. The van der Waals surface area contributed by atoms with E-state index in [1.807, 2.05) is 41.9 Å². The Morgan fingerprint density at radius 3 is 3.08 bits per heavy atom. The van der Waals surface area contributed by atoms with Crippen molar-refractivity contribution in [2.24, 2.45) is 0 Å². The summed E-state index contributed by atoms with van der Waals surface area (Å²) in [5, 5.41) is 19.5. The van der Waals surface area contributed by atoms with Gasteiger partial charge < -0.3 is 20.5 Å². The number of carbonyl (C=O) groups excluding carboxylic acids is 1. The summed E-state index contributed by atoms with van der Waals surface area (Å²) >= 11 is 1.53. The van der Waals surface area contributed by atoms with Crippen molar-refractivity contribution in [3.63, 3.8) is 0 Å². The molecule has 1 aliphatic rings. The van der Waals surface area contributed by atoms with E-state index in [1.165, 1.54) is 16.9 Å². The molecule has 3 N–H and O–H groups in total.